The first-order valence-electron chi connectivity index (χ1n) is 6.69. The molecule has 122 valence electrons. The summed E-state index contributed by atoms with van der Waals surface area (Å²) in [7, 11) is 0. The Hall–Kier alpha value is -1.34. The first-order chi connectivity index (χ1) is 10.3. The molecule has 2 rings (SSSR count). The summed E-state index contributed by atoms with van der Waals surface area (Å²) in [5.74, 6) is -1.98. The summed E-state index contributed by atoms with van der Waals surface area (Å²) < 4.78 is 57.3. The molecule has 1 fully saturated rings. The van der Waals surface area contributed by atoms with Crippen LogP contribution in [0.25, 0.3) is 0 Å². The molecule has 0 aliphatic carbocycles. The van der Waals surface area contributed by atoms with Crippen LogP contribution < -0.4 is 0 Å². The van der Waals surface area contributed by atoms with E-state index in [1.807, 2.05) is 0 Å². The van der Waals surface area contributed by atoms with Crippen LogP contribution in [0.15, 0.2) is 18.2 Å². The fourth-order valence-corrected chi connectivity index (χ4v) is 2.65. The summed E-state index contributed by atoms with van der Waals surface area (Å²) in [6.45, 7) is -0.921. The molecule has 1 aromatic rings. The third-order valence-electron chi connectivity index (χ3n) is 3.42. The maximum Gasteiger partial charge on any atom is 0.406 e. The van der Waals surface area contributed by atoms with Crippen molar-refractivity contribution in [2.24, 2.45) is 0 Å². The fourth-order valence-electron chi connectivity index (χ4n) is 2.40. The molecule has 1 saturated heterocycles. The van der Waals surface area contributed by atoms with Gasteiger partial charge >= 0.3 is 6.18 Å². The van der Waals surface area contributed by atoms with Crippen molar-refractivity contribution in [1.82, 2.24) is 4.90 Å². The highest BCUT2D eigenvalue weighted by Gasteiger charge is 2.38. The number of ether oxygens (including phenoxy) is 1. The summed E-state index contributed by atoms with van der Waals surface area (Å²) >= 11 is 5.79. The third-order valence-corrected chi connectivity index (χ3v) is 3.73. The second-order valence-electron chi connectivity index (χ2n) is 4.99. The zero-order valence-electron chi connectivity index (χ0n) is 11.5. The normalized spacial score (nSPS) is 16.6. The summed E-state index contributed by atoms with van der Waals surface area (Å²) in [5.41, 5.74) is -0.528. The Balaban J connectivity index is 2.33. The SMILES string of the molecule is O=C(c1c(F)cccc1Cl)N(CC(F)(F)F)C1CCOCC1. The molecule has 0 saturated carbocycles. The lowest BCUT2D eigenvalue weighted by atomic mass is 10.0. The number of halogens is 5. The molecule has 1 aliphatic heterocycles. The molecule has 0 bridgehead atoms. The average Bonchev–Trinajstić information content (AvgIpc) is 2.44. The lowest BCUT2D eigenvalue weighted by Gasteiger charge is -2.35. The first-order valence-corrected chi connectivity index (χ1v) is 7.07. The molecule has 0 N–H and O–H groups in total. The minimum absolute atomic E-state index is 0.204. The van der Waals surface area contributed by atoms with Gasteiger partial charge in [-0.05, 0) is 25.0 Å². The van der Waals surface area contributed by atoms with Gasteiger partial charge in [0.25, 0.3) is 5.91 Å². The molecule has 1 aromatic carbocycles. The van der Waals surface area contributed by atoms with E-state index in [4.69, 9.17) is 16.3 Å². The number of carbonyl (C=O) groups excluding carboxylic acids is 1. The van der Waals surface area contributed by atoms with Gasteiger partial charge in [0, 0.05) is 19.3 Å². The van der Waals surface area contributed by atoms with Crippen molar-refractivity contribution in [3.63, 3.8) is 0 Å². The highest BCUT2D eigenvalue weighted by atomic mass is 35.5. The summed E-state index contributed by atoms with van der Waals surface area (Å²) in [6.07, 6.45) is -4.03. The number of alkyl halides is 3. The number of amides is 1. The molecular weight excluding hydrogens is 326 g/mol. The smallest absolute Gasteiger partial charge is 0.381 e. The van der Waals surface area contributed by atoms with Gasteiger partial charge in [-0.15, -0.1) is 0 Å². The number of carbonyl (C=O) groups is 1. The van der Waals surface area contributed by atoms with Crippen LogP contribution in [0, 0.1) is 5.82 Å². The summed E-state index contributed by atoms with van der Waals surface area (Å²) in [5, 5.41) is -0.204. The molecule has 0 spiro atoms. The summed E-state index contributed by atoms with van der Waals surface area (Å²) in [4.78, 5) is 13.1. The first kappa shape index (κ1) is 17.0. The van der Waals surface area contributed by atoms with Crippen LogP contribution in [0.5, 0.6) is 0 Å². The minimum atomic E-state index is -4.58. The number of hydrogen-bond donors (Lipinski definition) is 0. The van der Waals surface area contributed by atoms with Crippen molar-refractivity contribution in [1.29, 1.82) is 0 Å². The standard InChI is InChI=1S/C14H14ClF4NO2/c15-10-2-1-3-11(16)12(10)13(21)20(8-14(17,18)19)9-4-6-22-7-5-9/h1-3,9H,4-8H2. The van der Waals surface area contributed by atoms with E-state index in [2.05, 4.69) is 0 Å². The van der Waals surface area contributed by atoms with Gasteiger partial charge in [0.05, 0.1) is 10.6 Å². The van der Waals surface area contributed by atoms with Gasteiger partial charge in [-0.3, -0.25) is 4.79 Å². The van der Waals surface area contributed by atoms with Crippen LogP contribution in [0.3, 0.4) is 0 Å². The predicted molar refractivity (Wildman–Crippen MR) is 72.3 cm³/mol. The van der Waals surface area contributed by atoms with Gasteiger partial charge < -0.3 is 9.64 Å². The van der Waals surface area contributed by atoms with Crippen molar-refractivity contribution in [2.45, 2.75) is 25.1 Å². The molecule has 0 aromatic heterocycles. The van der Waals surface area contributed by atoms with Crippen LogP contribution in [0.4, 0.5) is 17.6 Å². The molecule has 0 radical (unpaired) electrons. The van der Waals surface area contributed by atoms with E-state index >= 15 is 0 Å². The van der Waals surface area contributed by atoms with E-state index in [0.717, 1.165) is 6.07 Å². The molecular formula is C14H14ClF4NO2. The Kier molecular flexibility index (Phi) is 5.28. The monoisotopic (exact) mass is 339 g/mol. The van der Waals surface area contributed by atoms with E-state index in [-0.39, 0.29) is 31.1 Å². The largest absolute Gasteiger partial charge is 0.406 e. The lowest BCUT2D eigenvalue weighted by Crippen LogP contribution is -2.48. The van der Waals surface area contributed by atoms with E-state index < -0.39 is 36.1 Å². The van der Waals surface area contributed by atoms with E-state index in [1.165, 1.54) is 12.1 Å². The highest BCUT2D eigenvalue weighted by Crippen LogP contribution is 2.27. The van der Waals surface area contributed by atoms with Crippen LogP contribution in [-0.2, 0) is 4.74 Å². The quantitative estimate of drug-likeness (QED) is 0.787. The van der Waals surface area contributed by atoms with Gasteiger partial charge in [0.2, 0.25) is 0 Å². The van der Waals surface area contributed by atoms with Gasteiger partial charge in [-0.1, -0.05) is 17.7 Å². The fraction of sp³-hybridized carbons (Fsp3) is 0.500. The van der Waals surface area contributed by atoms with Gasteiger partial charge in [0.15, 0.2) is 0 Å². The van der Waals surface area contributed by atoms with Crippen molar-refractivity contribution < 1.29 is 27.1 Å². The van der Waals surface area contributed by atoms with Crippen LogP contribution in [-0.4, -0.2) is 42.8 Å². The van der Waals surface area contributed by atoms with E-state index in [9.17, 15) is 22.4 Å². The number of benzene rings is 1. The molecule has 0 atom stereocenters. The van der Waals surface area contributed by atoms with E-state index in [0.29, 0.717) is 4.90 Å². The van der Waals surface area contributed by atoms with Crippen LogP contribution in [0.2, 0.25) is 5.02 Å². The maximum atomic E-state index is 13.8. The average molecular weight is 340 g/mol. The Morgan fingerprint density at radius 3 is 2.50 bits per heavy atom. The Bertz CT molecular complexity index is 524. The van der Waals surface area contributed by atoms with Crippen molar-refractivity contribution in [3.05, 3.63) is 34.6 Å². The van der Waals surface area contributed by atoms with Gasteiger partial charge in [0.1, 0.15) is 12.4 Å². The van der Waals surface area contributed by atoms with Crippen LogP contribution in [0.1, 0.15) is 23.2 Å². The summed E-state index contributed by atoms with van der Waals surface area (Å²) in [6, 6.07) is 2.90. The molecule has 1 amide bonds. The third kappa shape index (κ3) is 4.10. The number of hydrogen-bond acceptors (Lipinski definition) is 2. The molecule has 8 heteroatoms. The lowest BCUT2D eigenvalue weighted by molar-refractivity contribution is -0.147. The maximum absolute atomic E-state index is 13.8. The topological polar surface area (TPSA) is 29.5 Å². The van der Waals surface area contributed by atoms with Crippen molar-refractivity contribution in [2.75, 3.05) is 19.8 Å². The number of rotatable bonds is 3. The van der Waals surface area contributed by atoms with Crippen molar-refractivity contribution >= 4 is 17.5 Å². The second-order valence-corrected chi connectivity index (χ2v) is 5.40. The molecule has 0 unspecified atom stereocenters. The number of nitrogens with zero attached hydrogens (tertiary/aromatic N) is 1. The molecule has 1 heterocycles. The minimum Gasteiger partial charge on any atom is -0.381 e. The Labute approximate surface area is 129 Å². The van der Waals surface area contributed by atoms with Crippen molar-refractivity contribution in [3.8, 4) is 0 Å². The van der Waals surface area contributed by atoms with Crippen LogP contribution >= 0.6 is 11.6 Å². The van der Waals surface area contributed by atoms with E-state index in [1.54, 1.807) is 0 Å². The van der Waals surface area contributed by atoms with Gasteiger partial charge in [-0.2, -0.15) is 13.2 Å². The second kappa shape index (κ2) is 6.83. The molecule has 1 aliphatic rings. The zero-order valence-corrected chi connectivity index (χ0v) is 12.3. The Morgan fingerprint density at radius 2 is 1.95 bits per heavy atom. The predicted octanol–water partition coefficient (Wildman–Crippen LogP) is 3.66. The Morgan fingerprint density at radius 1 is 1.32 bits per heavy atom. The highest BCUT2D eigenvalue weighted by molar-refractivity contribution is 6.33. The zero-order chi connectivity index (χ0) is 16.3. The molecule has 3 nitrogen and oxygen atoms in total. The molecule has 22 heavy (non-hydrogen) atoms. The van der Waals surface area contributed by atoms with Gasteiger partial charge in [-0.25, -0.2) is 4.39 Å².